The van der Waals surface area contributed by atoms with Crippen molar-refractivity contribution in [3.63, 3.8) is 0 Å². The number of aromatic nitrogens is 1. The minimum Gasteiger partial charge on any atom is -0.282 e. The molecule has 1 aliphatic rings. The maximum Gasteiger partial charge on any atom is 0.0808 e. The zero-order chi connectivity index (χ0) is 15.5. The summed E-state index contributed by atoms with van der Waals surface area (Å²) in [6.07, 6.45) is 10.5. The highest BCUT2D eigenvalue weighted by molar-refractivity contribution is 5.77. The first-order valence-corrected chi connectivity index (χ1v) is 7.78. The van der Waals surface area contributed by atoms with Crippen LogP contribution in [0.5, 0.6) is 0 Å². The van der Waals surface area contributed by atoms with E-state index in [1.165, 1.54) is 5.57 Å². The molecule has 0 radical (unpaired) electrons. The van der Waals surface area contributed by atoms with Crippen molar-refractivity contribution in [2.45, 2.75) is 40.7 Å². The summed E-state index contributed by atoms with van der Waals surface area (Å²) >= 11 is 0. The molecule has 2 heteroatoms. The van der Waals surface area contributed by atoms with Gasteiger partial charge < -0.3 is 0 Å². The second kappa shape index (κ2) is 6.38. The van der Waals surface area contributed by atoms with Crippen LogP contribution >= 0.6 is 0 Å². The Labute approximate surface area is 128 Å². The van der Waals surface area contributed by atoms with Gasteiger partial charge in [0.15, 0.2) is 0 Å². The predicted octanol–water partition coefficient (Wildman–Crippen LogP) is 4.68. The fraction of sp³-hybridized carbons (Fsp3) is 0.474. The molecule has 2 unspecified atom stereocenters. The van der Waals surface area contributed by atoms with Gasteiger partial charge in [-0.1, -0.05) is 58.9 Å². The minimum absolute atomic E-state index is 0.0552. The first-order valence-electron chi connectivity index (χ1n) is 7.78. The lowest BCUT2D eigenvalue weighted by atomic mass is 9.66. The van der Waals surface area contributed by atoms with E-state index in [1.807, 2.05) is 30.6 Å². The molecule has 0 saturated carbocycles. The van der Waals surface area contributed by atoms with Crippen molar-refractivity contribution in [3.05, 3.63) is 53.9 Å². The highest BCUT2D eigenvalue weighted by Gasteiger charge is 2.38. The fourth-order valence-corrected chi connectivity index (χ4v) is 2.77. The van der Waals surface area contributed by atoms with Crippen LogP contribution in [0.15, 0.2) is 53.2 Å². The molecule has 2 nitrogen and oxygen atoms in total. The lowest BCUT2D eigenvalue weighted by molar-refractivity contribution is 0.250. The quantitative estimate of drug-likeness (QED) is 0.736. The van der Waals surface area contributed by atoms with Crippen LogP contribution < -0.4 is 0 Å². The third kappa shape index (κ3) is 3.31. The number of allylic oxidation sites excluding steroid dienone is 2. The molecule has 2 rings (SSSR count). The van der Waals surface area contributed by atoms with Crippen LogP contribution in [0.1, 0.15) is 40.3 Å². The van der Waals surface area contributed by atoms with Gasteiger partial charge in [-0.3, -0.25) is 9.98 Å². The smallest absolute Gasteiger partial charge is 0.0808 e. The third-order valence-corrected chi connectivity index (χ3v) is 4.60. The van der Waals surface area contributed by atoms with Gasteiger partial charge in [-0.05, 0) is 29.5 Å². The summed E-state index contributed by atoms with van der Waals surface area (Å²) in [5.74, 6) is 1.03. The maximum atomic E-state index is 4.92. The average Bonchev–Trinajstić information content (AvgIpc) is 2.46. The Morgan fingerprint density at radius 3 is 2.57 bits per heavy atom. The summed E-state index contributed by atoms with van der Waals surface area (Å²) in [6.45, 7) is 11.3. The van der Waals surface area contributed by atoms with Gasteiger partial charge in [-0.2, -0.15) is 0 Å². The van der Waals surface area contributed by atoms with Gasteiger partial charge in [0, 0.05) is 17.8 Å². The zero-order valence-corrected chi connectivity index (χ0v) is 13.7. The molecular weight excluding hydrogens is 256 g/mol. The maximum absolute atomic E-state index is 4.92. The van der Waals surface area contributed by atoms with Crippen LogP contribution in [0.2, 0.25) is 0 Å². The molecular formula is C19H26N2. The van der Waals surface area contributed by atoms with Gasteiger partial charge in [-0.15, -0.1) is 0 Å². The van der Waals surface area contributed by atoms with Crippen LogP contribution in [0, 0.1) is 17.3 Å². The molecule has 1 aromatic rings. The molecule has 0 bridgehead atoms. The van der Waals surface area contributed by atoms with Crippen LogP contribution in [0.4, 0.5) is 0 Å². The van der Waals surface area contributed by atoms with Crippen molar-refractivity contribution >= 4 is 6.21 Å². The summed E-state index contributed by atoms with van der Waals surface area (Å²) < 4.78 is 0. The van der Waals surface area contributed by atoms with Crippen LogP contribution in [0.25, 0.3) is 0 Å². The van der Waals surface area contributed by atoms with Gasteiger partial charge >= 0.3 is 0 Å². The van der Waals surface area contributed by atoms with Gasteiger partial charge in [0.2, 0.25) is 0 Å². The van der Waals surface area contributed by atoms with E-state index in [0.717, 1.165) is 5.69 Å². The summed E-state index contributed by atoms with van der Waals surface area (Å²) in [5.41, 5.74) is 2.38. The molecule has 21 heavy (non-hydrogen) atoms. The number of nitrogens with zero attached hydrogens (tertiary/aromatic N) is 2. The molecule has 0 aromatic carbocycles. The van der Waals surface area contributed by atoms with Crippen LogP contribution in [-0.4, -0.2) is 17.2 Å². The first-order chi connectivity index (χ1) is 9.95. The first kappa shape index (κ1) is 15.7. The summed E-state index contributed by atoms with van der Waals surface area (Å²) in [7, 11) is 0. The lowest BCUT2D eigenvalue weighted by Gasteiger charge is -2.41. The van der Waals surface area contributed by atoms with E-state index in [-0.39, 0.29) is 11.5 Å². The Balaban J connectivity index is 2.36. The Bertz CT molecular complexity index is 552. The number of hydrogen-bond acceptors (Lipinski definition) is 2. The number of aliphatic imine (C=N–C) groups is 1. The highest BCUT2D eigenvalue weighted by atomic mass is 14.8. The number of rotatable bonds is 4. The second-order valence-corrected chi connectivity index (χ2v) is 6.64. The summed E-state index contributed by atoms with van der Waals surface area (Å²) in [6, 6.07) is 6.10. The standard InChI is InChI=1S/C19H26N2/c1-14(2)17-10-8-11-19(5,15(3)4)18(17)21-13-16-9-6-7-12-20-16/h6-15,18H,1-5H3. The van der Waals surface area contributed by atoms with Gasteiger partial charge in [0.1, 0.15) is 0 Å². The van der Waals surface area contributed by atoms with Crippen molar-refractivity contribution in [1.29, 1.82) is 0 Å². The average molecular weight is 282 g/mol. The molecule has 0 spiro atoms. The minimum atomic E-state index is 0.0552. The van der Waals surface area contributed by atoms with E-state index >= 15 is 0 Å². The summed E-state index contributed by atoms with van der Waals surface area (Å²) in [4.78, 5) is 9.26. The predicted molar refractivity (Wildman–Crippen MR) is 90.6 cm³/mol. The molecule has 1 aromatic heterocycles. The van der Waals surface area contributed by atoms with Crippen molar-refractivity contribution in [3.8, 4) is 0 Å². The Morgan fingerprint density at radius 1 is 1.24 bits per heavy atom. The molecule has 2 atom stereocenters. The molecule has 0 saturated heterocycles. The molecule has 0 fully saturated rings. The van der Waals surface area contributed by atoms with Crippen molar-refractivity contribution in [2.24, 2.45) is 22.2 Å². The topological polar surface area (TPSA) is 25.2 Å². The van der Waals surface area contributed by atoms with Gasteiger partial charge in [0.05, 0.1) is 11.7 Å². The van der Waals surface area contributed by atoms with Crippen molar-refractivity contribution < 1.29 is 0 Å². The third-order valence-electron chi connectivity index (χ3n) is 4.60. The van der Waals surface area contributed by atoms with E-state index in [4.69, 9.17) is 4.99 Å². The lowest BCUT2D eigenvalue weighted by Crippen LogP contribution is -2.38. The monoisotopic (exact) mass is 282 g/mol. The number of pyridine rings is 1. The van der Waals surface area contributed by atoms with E-state index in [0.29, 0.717) is 11.8 Å². The molecule has 0 N–H and O–H groups in total. The second-order valence-electron chi connectivity index (χ2n) is 6.64. The Morgan fingerprint density at radius 2 is 2.00 bits per heavy atom. The van der Waals surface area contributed by atoms with E-state index in [2.05, 4.69) is 57.8 Å². The largest absolute Gasteiger partial charge is 0.282 e. The van der Waals surface area contributed by atoms with Gasteiger partial charge in [0.25, 0.3) is 0 Å². The normalized spacial score (nSPS) is 25.9. The number of hydrogen-bond donors (Lipinski definition) is 0. The van der Waals surface area contributed by atoms with Gasteiger partial charge in [-0.25, -0.2) is 0 Å². The van der Waals surface area contributed by atoms with Crippen LogP contribution in [0.3, 0.4) is 0 Å². The van der Waals surface area contributed by atoms with Crippen molar-refractivity contribution in [1.82, 2.24) is 4.98 Å². The Kier molecular flexibility index (Phi) is 4.76. The van der Waals surface area contributed by atoms with E-state index in [1.54, 1.807) is 0 Å². The Hall–Kier alpha value is -1.70. The van der Waals surface area contributed by atoms with E-state index < -0.39 is 0 Å². The summed E-state index contributed by atoms with van der Waals surface area (Å²) in [5, 5.41) is 0. The fourth-order valence-electron chi connectivity index (χ4n) is 2.77. The molecule has 1 heterocycles. The molecule has 112 valence electrons. The van der Waals surface area contributed by atoms with Crippen LogP contribution in [-0.2, 0) is 0 Å². The van der Waals surface area contributed by atoms with Crippen molar-refractivity contribution in [2.75, 3.05) is 0 Å². The molecule has 0 aliphatic heterocycles. The zero-order valence-electron chi connectivity index (χ0n) is 13.7. The molecule has 0 amide bonds. The SMILES string of the molecule is CC(C)C1=CC=CC(C)(C(C)C)C1N=Cc1ccccn1. The van der Waals surface area contributed by atoms with E-state index in [9.17, 15) is 0 Å². The highest BCUT2D eigenvalue weighted by Crippen LogP contribution is 2.42. The molecule has 1 aliphatic carbocycles.